The molecule has 2 rings (SSSR count). The van der Waals surface area contributed by atoms with Gasteiger partial charge in [0.1, 0.15) is 29.3 Å². The molecule has 0 aliphatic carbocycles. The van der Waals surface area contributed by atoms with Crippen LogP contribution in [0.15, 0.2) is 12.2 Å². The van der Waals surface area contributed by atoms with E-state index in [1.165, 1.54) is 12.0 Å². The zero-order chi connectivity index (χ0) is 28.0. The summed E-state index contributed by atoms with van der Waals surface area (Å²) in [6, 6.07) is -3.04. The van der Waals surface area contributed by atoms with Crippen molar-refractivity contribution in [2.75, 3.05) is 7.11 Å². The maximum atomic E-state index is 13.4. The van der Waals surface area contributed by atoms with Gasteiger partial charge in [0.15, 0.2) is 0 Å². The van der Waals surface area contributed by atoms with Crippen LogP contribution in [0.1, 0.15) is 80.1 Å². The monoisotopic (exact) mass is 523 g/mol. The van der Waals surface area contributed by atoms with Gasteiger partial charge in [-0.3, -0.25) is 14.4 Å². The highest BCUT2D eigenvalue weighted by molar-refractivity contribution is 5.94. The molecule has 2 aliphatic rings. The lowest BCUT2D eigenvalue weighted by Gasteiger charge is -2.34. The number of nitrogens with zero attached hydrogens (tertiary/aromatic N) is 1. The largest absolute Gasteiger partial charge is 0.460 e. The summed E-state index contributed by atoms with van der Waals surface area (Å²) in [4.78, 5) is 65.3. The highest BCUT2D eigenvalue weighted by Gasteiger charge is 2.44. The molecular weight excluding hydrogens is 482 g/mol. The van der Waals surface area contributed by atoms with E-state index in [-0.39, 0.29) is 31.2 Å². The van der Waals surface area contributed by atoms with Gasteiger partial charge in [0.25, 0.3) is 0 Å². The van der Waals surface area contributed by atoms with Gasteiger partial charge in [0.2, 0.25) is 11.8 Å². The number of hydrogen-bond acceptors (Lipinski definition) is 8. The normalized spacial score (nSPS) is 22.7. The molecule has 0 aromatic rings. The maximum absolute atomic E-state index is 13.4. The number of alkyl carbamates (subject to hydrolysis) is 1. The molecule has 0 spiro atoms. The van der Waals surface area contributed by atoms with Crippen molar-refractivity contribution in [3.63, 3.8) is 0 Å². The molecule has 0 unspecified atom stereocenters. The van der Waals surface area contributed by atoms with E-state index in [2.05, 4.69) is 15.4 Å². The summed E-state index contributed by atoms with van der Waals surface area (Å²) in [6.07, 6.45) is 4.73. The second kappa shape index (κ2) is 12.4. The topological polar surface area (TPSA) is 140 Å². The van der Waals surface area contributed by atoms with Crippen LogP contribution in [0.4, 0.5) is 4.79 Å². The Morgan fingerprint density at radius 3 is 2.22 bits per heavy atom. The summed E-state index contributed by atoms with van der Waals surface area (Å²) in [5.41, 5.74) is -1.49. The number of ether oxygens (including phenoxy) is 3. The van der Waals surface area contributed by atoms with Gasteiger partial charge in [0, 0.05) is 12.5 Å². The lowest BCUT2D eigenvalue weighted by Crippen LogP contribution is -2.57. The van der Waals surface area contributed by atoms with Gasteiger partial charge in [-0.2, -0.15) is 0 Å². The Balaban J connectivity index is 2.20. The van der Waals surface area contributed by atoms with Crippen molar-refractivity contribution in [2.45, 2.75) is 115 Å². The van der Waals surface area contributed by atoms with E-state index in [1.807, 2.05) is 12.2 Å². The Morgan fingerprint density at radius 2 is 1.62 bits per heavy atom. The van der Waals surface area contributed by atoms with Gasteiger partial charge in [-0.1, -0.05) is 12.2 Å². The van der Waals surface area contributed by atoms with E-state index in [0.717, 1.165) is 0 Å². The van der Waals surface area contributed by atoms with Crippen LogP contribution in [-0.2, 0) is 33.4 Å². The van der Waals surface area contributed by atoms with E-state index in [1.54, 1.807) is 41.5 Å². The number of rotatable bonds is 7. The van der Waals surface area contributed by atoms with Gasteiger partial charge < -0.3 is 29.7 Å². The Morgan fingerprint density at radius 1 is 1.00 bits per heavy atom. The molecule has 0 aromatic heterocycles. The lowest BCUT2D eigenvalue weighted by atomic mass is 10.0. The fraction of sp³-hybridized carbons (Fsp3) is 0.731. The fourth-order valence-electron chi connectivity index (χ4n) is 4.34. The predicted octanol–water partition coefficient (Wildman–Crippen LogP) is 2.37. The van der Waals surface area contributed by atoms with Crippen molar-refractivity contribution in [3.05, 3.63) is 12.2 Å². The Bertz CT molecular complexity index is 902. The smallest absolute Gasteiger partial charge is 0.407 e. The van der Waals surface area contributed by atoms with E-state index in [9.17, 15) is 24.0 Å². The van der Waals surface area contributed by atoms with Crippen LogP contribution in [0.2, 0.25) is 0 Å². The quantitative estimate of drug-likeness (QED) is 0.294. The molecule has 208 valence electrons. The van der Waals surface area contributed by atoms with Gasteiger partial charge >= 0.3 is 18.0 Å². The molecule has 3 amide bonds. The number of esters is 2. The van der Waals surface area contributed by atoms with Gasteiger partial charge in [-0.25, -0.2) is 9.59 Å². The van der Waals surface area contributed by atoms with Crippen LogP contribution in [0, 0.1) is 0 Å². The molecule has 11 heteroatoms. The van der Waals surface area contributed by atoms with Gasteiger partial charge in [-0.15, -0.1) is 0 Å². The summed E-state index contributed by atoms with van der Waals surface area (Å²) in [7, 11) is 1.21. The third-order valence-electron chi connectivity index (χ3n) is 5.85. The van der Waals surface area contributed by atoms with E-state index in [4.69, 9.17) is 9.47 Å². The van der Waals surface area contributed by atoms with E-state index >= 15 is 0 Å². The highest BCUT2D eigenvalue weighted by Crippen LogP contribution is 2.30. The maximum Gasteiger partial charge on any atom is 0.407 e. The number of fused-ring (bicyclic) bond motifs is 1. The molecule has 4 atom stereocenters. The second-order valence-electron chi connectivity index (χ2n) is 11.3. The number of methoxy groups -OCH3 is 1. The van der Waals surface area contributed by atoms with Crippen LogP contribution in [0.25, 0.3) is 0 Å². The molecule has 11 nitrogen and oxygen atoms in total. The molecule has 0 bridgehead atoms. The molecule has 37 heavy (non-hydrogen) atoms. The first-order valence-electron chi connectivity index (χ1n) is 12.7. The molecule has 0 radical (unpaired) electrons. The zero-order valence-electron chi connectivity index (χ0n) is 22.9. The van der Waals surface area contributed by atoms with Crippen LogP contribution in [0.5, 0.6) is 0 Å². The average Bonchev–Trinajstić information content (AvgIpc) is 3.17. The molecule has 2 N–H and O–H groups in total. The van der Waals surface area contributed by atoms with Gasteiger partial charge in [-0.05, 0) is 73.6 Å². The number of carbonyl (C=O) groups is 5. The van der Waals surface area contributed by atoms with Crippen molar-refractivity contribution in [1.82, 2.24) is 15.5 Å². The van der Waals surface area contributed by atoms with Crippen molar-refractivity contribution >= 4 is 29.8 Å². The standard InChI is InChI=1S/C26H41N3O8/c1-25(2,3)36-20(30)15-13-18(23(33)37-26(4,5)6)27-21(31)19-14-12-16-10-8-9-11-17(22(32)29(16)19)28-24(34)35-7/h8-9,16-19H,10-15H2,1-7H3,(H,27,31)(H,28,34)/t16-,17-,18-,19-/m0/s1. The van der Waals surface area contributed by atoms with Crippen LogP contribution in [0.3, 0.4) is 0 Å². The summed E-state index contributed by atoms with van der Waals surface area (Å²) < 4.78 is 15.4. The third-order valence-corrected chi connectivity index (χ3v) is 5.85. The van der Waals surface area contributed by atoms with E-state index < -0.39 is 53.3 Å². The minimum absolute atomic E-state index is 0.0189. The minimum Gasteiger partial charge on any atom is -0.460 e. The molecule has 1 saturated heterocycles. The number of nitrogens with one attached hydrogen (secondary N) is 2. The first-order valence-corrected chi connectivity index (χ1v) is 12.7. The van der Waals surface area contributed by atoms with Crippen molar-refractivity contribution < 1.29 is 38.2 Å². The molecular formula is C26H41N3O8. The average molecular weight is 524 g/mol. The number of hydrogen-bond donors (Lipinski definition) is 2. The molecule has 0 aromatic carbocycles. The first kappa shape index (κ1) is 30.1. The summed E-state index contributed by atoms with van der Waals surface area (Å²) >= 11 is 0. The Labute approximate surface area is 218 Å². The third kappa shape index (κ3) is 9.36. The van der Waals surface area contributed by atoms with Crippen molar-refractivity contribution in [3.8, 4) is 0 Å². The lowest BCUT2D eigenvalue weighted by molar-refractivity contribution is -0.160. The molecule has 0 saturated carbocycles. The molecule has 1 fully saturated rings. The molecule has 2 aliphatic heterocycles. The second-order valence-corrected chi connectivity index (χ2v) is 11.3. The number of amides is 3. The summed E-state index contributed by atoms with van der Waals surface area (Å²) in [5, 5.41) is 5.24. The summed E-state index contributed by atoms with van der Waals surface area (Å²) in [6.45, 7) is 10.4. The predicted molar refractivity (Wildman–Crippen MR) is 134 cm³/mol. The van der Waals surface area contributed by atoms with Crippen LogP contribution < -0.4 is 10.6 Å². The van der Waals surface area contributed by atoms with Gasteiger partial charge in [0.05, 0.1) is 7.11 Å². The molecule has 2 heterocycles. The van der Waals surface area contributed by atoms with Crippen molar-refractivity contribution in [1.29, 1.82) is 0 Å². The van der Waals surface area contributed by atoms with Crippen LogP contribution >= 0.6 is 0 Å². The van der Waals surface area contributed by atoms with Crippen LogP contribution in [-0.4, -0.2) is 77.2 Å². The fourth-order valence-corrected chi connectivity index (χ4v) is 4.34. The SMILES string of the molecule is COC(=O)N[C@H]1CC=CC[C@H]2CC[C@@H](C(=O)N[C@@H](CCC(=O)OC(C)(C)C)C(=O)OC(C)(C)C)N2C1=O. The summed E-state index contributed by atoms with van der Waals surface area (Å²) in [5.74, 6) is -2.08. The van der Waals surface area contributed by atoms with E-state index in [0.29, 0.717) is 19.3 Å². The first-order chi connectivity index (χ1) is 17.1. The Hall–Kier alpha value is -3.11. The Kier molecular flexibility index (Phi) is 10.1. The highest BCUT2D eigenvalue weighted by atomic mass is 16.6. The zero-order valence-corrected chi connectivity index (χ0v) is 22.9. The minimum atomic E-state index is -1.10. The number of carbonyl (C=O) groups excluding carboxylic acids is 5. The van der Waals surface area contributed by atoms with Crippen molar-refractivity contribution in [2.24, 2.45) is 0 Å².